The highest BCUT2D eigenvalue weighted by molar-refractivity contribution is 7.99. The number of aromatic nitrogens is 3. The van der Waals surface area contributed by atoms with Gasteiger partial charge in [0.05, 0.1) is 5.75 Å². The normalized spacial score (nSPS) is 20.3. The summed E-state index contributed by atoms with van der Waals surface area (Å²) < 4.78 is 2.36. The summed E-state index contributed by atoms with van der Waals surface area (Å²) in [6.45, 7) is 0. The van der Waals surface area contributed by atoms with Crippen molar-refractivity contribution < 1.29 is 4.79 Å². The van der Waals surface area contributed by atoms with E-state index in [0.29, 0.717) is 17.8 Å². The molecule has 1 amide bonds. The lowest BCUT2D eigenvalue weighted by atomic mass is 9.95. The van der Waals surface area contributed by atoms with E-state index in [0.717, 1.165) is 29.2 Å². The van der Waals surface area contributed by atoms with Gasteiger partial charge in [0.25, 0.3) is 0 Å². The maximum absolute atomic E-state index is 12.7. The molecule has 3 aliphatic carbocycles. The van der Waals surface area contributed by atoms with Crippen molar-refractivity contribution in [2.24, 2.45) is 11.8 Å². The van der Waals surface area contributed by atoms with E-state index in [2.05, 4.69) is 37.6 Å². The van der Waals surface area contributed by atoms with Crippen LogP contribution in [0.25, 0.3) is 0 Å². The van der Waals surface area contributed by atoms with Crippen molar-refractivity contribution in [1.82, 2.24) is 20.1 Å². The zero-order valence-electron chi connectivity index (χ0n) is 16.9. The molecule has 1 N–H and O–H groups in total. The minimum atomic E-state index is 0.164. The molecule has 2 aromatic rings. The third-order valence-electron chi connectivity index (χ3n) is 6.51. The largest absolute Gasteiger partial charge is 0.352 e. The van der Waals surface area contributed by atoms with Crippen LogP contribution in [0.3, 0.4) is 0 Å². The lowest BCUT2D eigenvalue weighted by Gasteiger charge is -2.25. The molecule has 0 bridgehead atoms. The van der Waals surface area contributed by atoms with Crippen molar-refractivity contribution in [3.8, 4) is 0 Å². The number of carbonyl (C=O) groups excluding carboxylic acids is 1. The molecule has 7 heteroatoms. The molecule has 0 atom stereocenters. The molecular formula is C22H30N4OS2. The van der Waals surface area contributed by atoms with Crippen LogP contribution in [0.15, 0.2) is 22.7 Å². The molecule has 3 aliphatic rings. The number of carbonyl (C=O) groups is 1. The van der Waals surface area contributed by atoms with E-state index in [4.69, 9.17) is 0 Å². The fourth-order valence-electron chi connectivity index (χ4n) is 4.69. The first-order chi connectivity index (χ1) is 14.3. The summed E-state index contributed by atoms with van der Waals surface area (Å²) in [4.78, 5) is 14.0. The Bertz CT molecular complexity index is 808. The predicted octanol–water partition coefficient (Wildman–Crippen LogP) is 4.83. The summed E-state index contributed by atoms with van der Waals surface area (Å²) in [6.07, 6.45) is 12.3. The number of nitrogens with zero attached hydrogens (tertiary/aromatic N) is 3. The van der Waals surface area contributed by atoms with Crippen molar-refractivity contribution in [1.29, 1.82) is 0 Å². The molecule has 0 aliphatic heterocycles. The van der Waals surface area contributed by atoms with Gasteiger partial charge in [-0.2, -0.15) is 0 Å². The molecule has 3 saturated carbocycles. The number of thiophene rings is 1. The highest BCUT2D eigenvalue weighted by Gasteiger charge is 2.42. The molecule has 2 heterocycles. The van der Waals surface area contributed by atoms with Crippen LogP contribution in [-0.2, 0) is 11.2 Å². The van der Waals surface area contributed by atoms with E-state index < -0.39 is 0 Å². The van der Waals surface area contributed by atoms with Gasteiger partial charge in [0, 0.05) is 23.4 Å². The monoisotopic (exact) mass is 430 g/mol. The Labute approximate surface area is 181 Å². The quantitative estimate of drug-likeness (QED) is 0.579. The summed E-state index contributed by atoms with van der Waals surface area (Å²) in [6, 6.07) is 5.16. The second-order valence-electron chi connectivity index (χ2n) is 8.87. The SMILES string of the molecule is O=C(CSc1nnc(Cc2cccs2)n1C1CCCCC1)NC(C1CC1)C1CC1. The highest BCUT2D eigenvalue weighted by atomic mass is 32.2. The number of hydrogen-bond acceptors (Lipinski definition) is 5. The number of thioether (sulfide) groups is 1. The Morgan fingerprint density at radius 1 is 1.14 bits per heavy atom. The second-order valence-corrected chi connectivity index (χ2v) is 10.8. The van der Waals surface area contributed by atoms with Gasteiger partial charge >= 0.3 is 0 Å². The summed E-state index contributed by atoms with van der Waals surface area (Å²) in [5, 5.41) is 15.4. The maximum Gasteiger partial charge on any atom is 0.230 e. The molecule has 5 nitrogen and oxygen atoms in total. The average molecular weight is 431 g/mol. The number of hydrogen-bond donors (Lipinski definition) is 1. The molecule has 0 spiro atoms. The van der Waals surface area contributed by atoms with Crippen LogP contribution >= 0.6 is 23.1 Å². The first kappa shape index (κ1) is 19.6. The standard InChI is InChI=1S/C22H30N4OS2/c27-20(23-21(15-8-9-15)16-10-11-16)14-29-22-25-24-19(13-18-7-4-12-28-18)26(22)17-5-2-1-3-6-17/h4,7,12,15-17,21H,1-3,5-6,8-11,13-14H2,(H,23,27). The van der Waals surface area contributed by atoms with Crippen molar-refractivity contribution >= 4 is 29.0 Å². The lowest BCUT2D eigenvalue weighted by molar-refractivity contribution is -0.119. The van der Waals surface area contributed by atoms with Crippen molar-refractivity contribution in [2.75, 3.05) is 5.75 Å². The predicted molar refractivity (Wildman–Crippen MR) is 117 cm³/mol. The van der Waals surface area contributed by atoms with Crippen LogP contribution in [0, 0.1) is 11.8 Å². The van der Waals surface area contributed by atoms with Gasteiger partial charge in [-0.15, -0.1) is 21.5 Å². The Hall–Kier alpha value is -1.34. The summed E-state index contributed by atoms with van der Waals surface area (Å²) in [5.41, 5.74) is 0. The third-order valence-corrected chi connectivity index (χ3v) is 8.33. The molecule has 2 aromatic heterocycles. The van der Waals surface area contributed by atoms with Crippen LogP contribution in [0.1, 0.15) is 74.5 Å². The summed E-state index contributed by atoms with van der Waals surface area (Å²) in [5.74, 6) is 3.13. The molecule has 0 aromatic carbocycles. The molecule has 29 heavy (non-hydrogen) atoms. The Balaban J connectivity index is 1.27. The van der Waals surface area contributed by atoms with E-state index in [1.165, 1.54) is 62.7 Å². The minimum Gasteiger partial charge on any atom is -0.352 e. The van der Waals surface area contributed by atoms with Crippen molar-refractivity contribution in [3.63, 3.8) is 0 Å². The molecule has 5 rings (SSSR count). The van der Waals surface area contributed by atoms with Gasteiger partial charge in [-0.3, -0.25) is 4.79 Å². The van der Waals surface area contributed by atoms with Crippen LogP contribution in [-0.4, -0.2) is 32.5 Å². The van der Waals surface area contributed by atoms with E-state index >= 15 is 0 Å². The molecule has 3 fully saturated rings. The topological polar surface area (TPSA) is 59.8 Å². The van der Waals surface area contributed by atoms with Crippen LogP contribution < -0.4 is 5.32 Å². The van der Waals surface area contributed by atoms with Crippen LogP contribution in [0.2, 0.25) is 0 Å². The third kappa shape index (κ3) is 4.88. The fourth-order valence-corrected chi connectivity index (χ4v) is 6.23. The van der Waals surface area contributed by atoms with Gasteiger partial charge in [-0.05, 0) is 61.8 Å². The van der Waals surface area contributed by atoms with Crippen LogP contribution in [0.5, 0.6) is 0 Å². The Kier molecular flexibility index (Phi) is 5.95. The zero-order chi connectivity index (χ0) is 19.6. The van der Waals surface area contributed by atoms with Gasteiger partial charge in [0.2, 0.25) is 5.91 Å². The molecule has 0 radical (unpaired) electrons. The average Bonchev–Trinajstić information content (AvgIpc) is 3.67. The Morgan fingerprint density at radius 3 is 2.55 bits per heavy atom. The molecular weight excluding hydrogens is 400 g/mol. The maximum atomic E-state index is 12.7. The summed E-state index contributed by atoms with van der Waals surface area (Å²) >= 11 is 3.34. The van der Waals surface area contributed by atoms with Crippen molar-refractivity contribution in [2.45, 2.75) is 81.4 Å². The van der Waals surface area contributed by atoms with Crippen LogP contribution in [0.4, 0.5) is 0 Å². The smallest absolute Gasteiger partial charge is 0.230 e. The Morgan fingerprint density at radius 2 is 1.90 bits per heavy atom. The van der Waals surface area contributed by atoms with E-state index in [1.807, 2.05) is 0 Å². The highest BCUT2D eigenvalue weighted by Crippen LogP contribution is 2.44. The molecule has 0 unspecified atom stereocenters. The van der Waals surface area contributed by atoms with Gasteiger partial charge in [0.15, 0.2) is 5.16 Å². The van der Waals surface area contributed by atoms with Crippen molar-refractivity contribution in [3.05, 3.63) is 28.2 Å². The van der Waals surface area contributed by atoms with Gasteiger partial charge < -0.3 is 9.88 Å². The second kappa shape index (κ2) is 8.80. The van der Waals surface area contributed by atoms with E-state index in [1.54, 1.807) is 23.1 Å². The number of amides is 1. The van der Waals surface area contributed by atoms with E-state index in [-0.39, 0.29) is 5.91 Å². The first-order valence-electron chi connectivity index (χ1n) is 11.2. The number of rotatable bonds is 9. The van der Waals surface area contributed by atoms with Gasteiger partial charge in [-0.1, -0.05) is 37.1 Å². The first-order valence-corrected chi connectivity index (χ1v) is 13.0. The van der Waals surface area contributed by atoms with Gasteiger partial charge in [0.1, 0.15) is 5.82 Å². The fraction of sp³-hybridized carbons (Fsp3) is 0.682. The summed E-state index contributed by atoms with van der Waals surface area (Å²) in [7, 11) is 0. The molecule has 156 valence electrons. The number of nitrogens with one attached hydrogen (secondary N) is 1. The zero-order valence-corrected chi connectivity index (χ0v) is 18.5. The molecule has 0 saturated heterocycles. The van der Waals surface area contributed by atoms with Gasteiger partial charge in [-0.25, -0.2) is 0 Å². The minimum absolute atomic E-state index is 0.164. The lowest BCUT2D eigenvalue weighted by Crippen LogP contribution is -2.39. The van der Waals surface area contributed by atoms with E-state index in [9.17, 15) is 4.79 Å².